The van der Waals surface area contributed by atoms with Gasteiger partial charge in [0.2, 0.25) is 9.84 Å². The number of benzene rings is 2. The fourth-order valence-electron chi connectivity index (χ4n) is 2.21. The third kappa shape index (κ3) is 3.72. The molecule has 2 aromatic carbocycles. The summed E-state index contributed by atoms with van der Waals surface area (Å²) in [6.45, 7) is 0. The average Bonchev–Trinajstić information content (AvgIpc) is 2.64. The molecule has 0 spiro atoms. The molecule has 0 atom stereocenters. The van der Waals surface area contributed by atoms with E-state index in [0.717, 1.165) is 6.07 Å². The molecular formula is C17H13ClN2O4S2. The fraction of sp³-hybridized carbons (Fsp3) is 0. The Bertz CT molecular complexity index is 1150. The molecule has 26 heavy (non-hydrogen) atoms. The smallest absolute Gasteiger partial charge is 0.262 e. The van der Waals surface area contributed by atoms with E-state index in [-0.39, 0.29) is 25.5 Å². The topological polar surface area (TPSA) is 93.2 Å². The Kier molecular flexibility index (Phi) is 4.99. The van der Waals surface area contributed by atoms with Crippen molar-refractivity contribution >= 4 is 37.1 Å². The van der Waals surface area contributed by atoms with Crippen LogP contribution in [0.15, 0.2) is 87.6 Å². The molecule has 0 fully saturated rings. The van der Waals surface area contributed by atoms with Gasteiger partial charge in [0, 0.05) is 6.20 Å². The molecular weight excluding hydrogens is 396 g/mol. The summed E-state index contributed by atoms with van der Waals surface area (Å²) in [6, 6.07) is 15.9. The number of sulfonamides is 1. The lowest BCUT2D eigenvalue weighted by Gasteiger charge is -2.10. The molecule has 3 rings (SSSR count). The van der Waals surface area contributed by atoms with E-state index < -0.39 is 19.9 Å². The Morgan fingerprint density at radius 3 is 2.12 bits per heavy atom. The van der Waals surface area contributed by atoms with E-state index in [9.17, 15) is 16.8 Å². The average molecular weight is 409 g/mol. The first kappa shape index (κ1) is 18.4. The highest BCUT2D eigenvalue weighted by Crippen LogP contribution is 2.25. The SMILES string of the molecule is O=S(=O)(Nc1cccnc1Cl)c1cccc(S(=O)(=O)c2ccccc2)c1. The Balaban J connectivity index is 2.01. The van der Waals surface area contributed by atoms with E-state index in [2.05, 4.69) is 9.71 Å². The van der Waals surface area contributed by atoms with E-state index in [1.807, 2.05) is 0 Å². The van der Waals surface area contributed by atoms with E-state index >= 15 is 0 Å². The third-order valence-corrected chi connectivity index (χ3v) is 6.91. The molecule has 134 valence electrons. The molecule has 6 nitrogen and oxygen atoms in total. The molecule has 3 aromatic rings. The van der Waals surface area contributed by atoms with E-state index in [0.29, 0.717) is 0 Å². The maximum absolute atomic E-state index is 12.7. The second-order valence-electron chi connectivity index (χ2n) is 5.24. The Labute approximate surface area is 156 Å². The fourth-order valence-corrected chi connectivity index (χ4v) is 4.95. The standard InChI is InChI=1S/C17H13ClN2O4S2/c18-17-16(10-5-11-19-17)20-26(23,24)15-9-4-8-14(12-15)25(21,22)13-6-2-1-3-7-13/h1-12,20H. The predicted molar refractivity (Wildman–Crippen MR) is 98.4 cm³/mol. The molecule has 0 aliphatic rings. The molecule has 0 amide bonds. The Morgan fingerprint density at radius 1 is 0.769 bits per heavy atom. The summed E-state index contributed by atoms with van der Waals surface area (Å²) in [4.78, 5) is 3.56. The number of hydrogen-bond acceptors (Lipinski definition) is 5. The number of aromatic nitrogens is 1. The molecule has 0 aliphatic heterocycles. The van der Waals surface area contributed by atoms with Gasteiger partial charge < -0.3 is 0 Å². The highest BCUT2D eigenvalue weighted by molar-refractivity contribution is 7.93. The largest absolute Gasteiger partial charge is 0.276 e. The molecule has 0 unspecified atom stereocenters. The van der Waals surface area contributed by atoms with Crippen molar-refractivity contribution in [1.82, 2.24) is 4.98 Å². The minimum atomic E-state index is -4.04. The zero-order chi connectivity index (χ0) is 18.8. The summed E-state index contributed by atoms with van der Waals surface area (Å²) in [5, 5.41) is -0.0101. The number of sulfone groups is 1. The highest BCUT2D eigenvalue weighted by Gasteiger charge is 2.22. The van der Waals surface area contributed by atoms with Gasteiger partial charge in [-0.15, -0.1) is 0 Å². The Hall–Kier alpha value is -2.42. The lowest BCUT2D eigenvalue weighted by Crippen LogP contribution is -2.14. The number of nitrogens with zero attached hydrogens (tertiary/aromatic N) is 1. The minimum absolute atomic E-state index is 0.0101. The molecule has 1 aromatic heterocycles. The molecule has 0 saturated carbocycles. The zero-order valence-corrected chi connectivity index (χ0v) is 15.6. The van der Waals surface area contributed by atoms with E-state index in [1.54, 1.807) is 18.2 Å². The van der Waals surface area contributed by atoms with Crippen molar-refractivity contribution in [2.24, 2.45) is 0 Å². The summed E-state index contributed by atoms with van der Waals surface area (Å²) >= 11 is 5.87. The van der Waals surface area contributed by atoms with Gasteiger partial charge >= 0.3 is 0 Å². The van der Waals surface area contributed by atoms with Gasteiger partial charge in [-0.05, 0) is 42.5 Å². The molecule has 0 radical (unpaired) electrons. The molecule has 1 heterocycles. The summed E-state index contributed by atoms with van der Waals surface area (Å²) in [6.07, 6.45) is 1.42. The van der Waals surface area contributed by atoms with Crippen LogP contribution in [-0.2, 0) is 19.9 Å². The predicted octanol–water partition coefficient (Wildman–Crippen LogP) is 3.37. The minimum Gasteiger partial charge on any atom is -0.276 e. The number of pyridine rings is 1. The molecule has 1 N–H and O–H groups in total. The van der Waals surface area contributed by atoms with Crippen molar-refractivity contribution in [2.45, 2.75) is 14.7 Å². The van der Waals surface area contributed by atoms with Crippen molar-refractivity contribution < 1.29 is 16.8 Å². The van der Waals surface area contributed by atoms with Gasteiger partial charge in [-0.3, -0.25) is 4.72 Å². The number of hydrogen-bond donors (Lipinski definition) is 1. The molecule has 0 aliphatic carbocycles. The van der Waals surface area contributed by atoms with Gasteiger partial charge in [0.05, 0.1) is 20.4 Å². The van der Waals surface area contributed by atoms with Crippen LogP contribution in [0, 0.1) is 0 Å². The van der Waals surface area contributed by atoms with Crippen LogP contribution in [-0.4, -0.2) is 21.8 Å². The van der Waals surface area contributed by atoms with Gasteiger partial charge in [-0.25, -0.2) is 21.8 Å². The lowest BCUT2D eigenvalue weighted by molar-refractivity contribution is 0.595. The number of nitrogens with one attached hydrogen (secondary N) is 1. The van der Waals surface area contributed by atoms with Crippen molar-refractivity contribution in [2.75, 3.05) is 4.72 Å². The summed E-state index contributed by atoms with van der Waals surface area (Å²) in [5.74, 6) is 0. The highest BCUT2D eigenvalue weighted by atomic mass is 35.5. The van der Waals surface area contributed by atoms with Crippen LogP contribution < -0.4 is 4.72 Å². The molecule has 0 bridgehead atoms. The maximum Gasteiger partial charge on any atom is 0.262 e. The zero-order valence-electron chi connectivity index (χ0n) is 13.2. The van der Waals surface area contributed by atoms with Crippen molar-refractivity contribution in [1.29, 1.82) is 0 Å². The summed E-state index contributed by atoms with van der Waals surface area (Å²) in [5.41, 5.74) is 0.102. The third-order valence-electron chi connectivity index (χ3n) is 3.48. The van der Waals surface area contributed by atoms with Crippen LogP contribution in [0.4, 0.5) is 5.69 Å². The molecule has 0 saturated heterocycles. The second-order valence-corrected chi connectivity index (χ2v) is 9.23. The van der Waals surface area contributed by atoms with Crippen molar-refractivity contribution in [3.63, 3.8) is 0 Å². The van der Waals surface area contributed by atoms with Crippen molar-refractivity contribution in [3.8, 4) is 0 Å². The number of rotatable bonds is 5. The van der Waals surface area contributed by atoms with Crippen LogP contribution in [0.2, 0.25) is 5.15 Å². The number of anilines is 1. The van der Waals surface area contributed by atoms with Crippen LogP contribution in [0.1, 0.15) is 0 Å². The monoisotopic (exact) mass is 408 g/mol. The normalized spacial score (nSPS) is 11.9. The van der Waals surface area contributed by atoms with E-state index in [1.165, 1.54) is 48.7 Å². The van der Waals surface area contributed by atoms with Gasteiger partial charge in [-0.2, -0.15) is 0 Å². The van der Waals surface area contributed by atoms with E-state index in [4.69, 9.17) is 11.6 Å². The summed E-state index contributed by atoms with van der Waals surface area (Å²) in [7, 11) is -7.87. The summed E-state index contributed by atoms with van der Waals surface area (Å²) < 4.78 is 52.8. The molecule has 9 heteroatoms. The quantitative estimate of drug-likeness (QED) is 0.653. The van der Waals surface area contributed by atoms with Gasteiger partial charge in [0.15, 0.2) is 5.15 Å². The van der Waals surface area contributed by atoms with Gasteiger partial charge in [-0.1, -0.05) is 35.9 Å². The van der Waals surface area contributed by atoms with Crippen molar-refractivity contribution in [3.05, 3.63) is 78.1 Å². The van der Waals surface area contributed by atoms with Gasteiger partial charge in [0.25, 0.3) is 10.0 Å². The first-order chi connectivity index (χ1) is 12.3. The van der Waals surface area contributed by atoms with Crippen LogP contribution in [0.25, 0.3) is 0 Å². The maximum atomic E-state index is 12.7. The van der Waals surface area contributed by atoms with Crippen LogP contribution in [0.5, 0.6) is 0 Å². The first-order valence-electron chi connectivity index (χ1n) is 7.34. The van der Waals surface area contributed by atoms with Crippen LogP contribution in [0.3, 0.4) is 0 Å². The van der Waals surface area contributed by atoms with Crippen LogP contribution >= 0.6 is 11.6 Å². The van der Waals surface area contributed by atoms with Gasteiger partial charge in [0.1, 0.15) is 0 Å². The first-order valence-corrected chi connectivity index (χ1v) is 10.7. The lowest BCUT2D eigenvalue weighted by atomic mass is 10.4. The Morgan fingerprint density at radius 2 is 1.42 bits per heavy atom. The second kappa shape index (κ2) is 7.06. The number of halogens is 1.